The molecule has 2 aromatic heterocycles. The van der Waals surface area contributed by atoms with Crippen LogP contribution in [-0.4, -0.2) is 48.7 Å². The van der Waals surface area contributed by atoms with E-state index in [1.807, 2.05) is 18.2 Å². The summed E-state index contributed by atoms with van der Waals surface area (Å²) in [7, 11) is 0. The molecule has 0 aliphatic carbocycles. The van der Waals surface area contributed by atoms with Gasteiger partial charge in [-0.1, -0.05) is 12.1 Å². The summed E-state index contributed by atoms with van der Waals surface area (Å²) in [6, 6.07) is 9.95. The summed E-state index contributed by atoms with van der Waals surface area (Å²) in [5.41, 5.74) is 2.44. The molecule has 0 bridgehead atoms. The number of nitrogens with zero attached hydrogens (tertiary/aromatic N) is 5. The number of benzene rings is 1. The number of rotatable bonds is 5. The second kappa shape index (κ2) is 9.11. The number of carbonyl (C=O) groups is 1. The van der Waals surface area contributed by atoms with Crippen molar-refractivity contribution in [3.63, 3.8) is 0 Å². The SMILES string of the molecule is CC(=O)N1CCc2c(nc(C3CCCN3Cc3cccc(Oc4ncccn4)c3)[nH]c2=O)C1. The average Bonchev–Trinajstić information content (AvgIpc) is 3.27. The lowest BCUT2D eigenvalue weighted by molar-refractivity contribution is -0.129. The first-order chi connectivity index (χ1) is 16.1. The Morgan fingerprint density at radius 3 is 2.88 bits per heavy atom. The predicted molar refractivity (Wildman–Crippen MR) is 121 cm³/mol. The van der Waals surface area contributed by atoms with Crippen LogP contribution in [0.25, 0.3) is 0 Å². The lowest BCUT2D eigenvalue weighted by atomic mass is 10.1. The Bertz CT molecular complexity index is 1210. The van der Waals surface area contributed by atoms with Crippen LogP contribution in [-0.2, 0) is 24.3 Å². The van der Waals surface area contributed by atoms with Gasteiger partial charge in [0.15, 0.2) is 0 Å². The molecule has 1 unspecified atom stereocenters. The maximum Gasteiger partial charge on any atom is 0.321 e. The highest BCUT2D eigenvalue weighted by Gasteiger charge is 2.30. The van der Waals surface area contributed by atoms with Gasteiger partial charge in [0.05, 0.1) is 18.3 Å². The topological polar surface area (TPSA) is 104 Å². The first-order valence-corrected chi connectivity index (χ1v) is 11.2. The lowest BCUT2D eigenvalue weighted by Gasteiger charge is -2.28. The van der Waals surface area contributed by atoms with Crippen LogP contribution in [0.3, 0.4) is 0 Å². The monoisotopic (exact) mass is 446 g/mol. The Balaban J connectivity index is 1.35. The number of likely N-dealkylation sites (tertiary alicyclic amines) is 1. The predicted octanol–water partition coefficient (Wildman–Crippen LogP) is 2.59. The van der Waals surface area contributed by atoms with E-state index in [4.69, 9.17) is 9.72 Å². The number of hydrogen-bond acceptors (Lipinski definition) is 7. The smallest absolute Gasteiger partial charge is 0.321 e. The van der Waals surface area contributed by atoms with Crippen LogP contribution in [0.4, 0.5) is 0 Å². The molecule has 5 rings (SSSR count). The third kappa shape index (κ3) is 4.63. The van der Waals surface area contributed by atoms with Gasteiger partial charge in [0.2, 0.25) is 5.91 Å². The molecule has 4 heterocycles. The molecule has 9 heteroatoms. The van der Waals surface area contributed by atoms with E-state index in [-0.39, 0.29) is 17.5 Å². The average molecular weight is 447 g/mol. The lowest BCUT2D eigenvalue weighted by Crippen LogP contribution is -2.39. The van der Waals surface area contributed by atoms with Crippen LogP contribution in [0.1, 0.15) is 48.5 Å². The molecule has 0 spiro atoms. The van der Waals surface area contributed by atoms with E-state index in [1.165, 1.54) is 0 Å². The summed E-state index contributed by atoms with van der Waals surface area (Å²) < 4.78 is 5.77. The van der Waals surface area contributed by atoms with Gasteiger partial charge in [-0.15, -0.1) is 0 Å². The number of H-pyrrole nitrogens is 1. The molecule has 1 saturated heterocycles. The van der Waals surface area contributed by atoms with Gasteiger partial charge in [-0.2, -0.15) is 0 Å². The van der Waals surface area contributed by atoms with E-state index in [9.17, 15) is 9.59 Å². The van der Waals surface area contributed by atoms with Gasteiger partial charge in [-0.25, -0.2) is 15.0 Å². The highest BCUT2D eigenvalue weighted by Crippen LogP contribution is 2.32. The quantitative estimate of drug-likeness (QED) is 0.642. The first kappa shape index (κ1) is 21.3. The van der Waals surface area contributed by atoms with Crippen LogP contribution in [0.5, 0.6) is 11.8 Å². The van der Waals surface area contributed by atoms with Gasteiger partial charge < -0.3 is 14.6 Å². The highest BCUT2D eigenvalue weighted by molar-refractivity contribution is 5.73. The van der Waals surface area contributed by atoms with Gasteiger partial charge >= 0.3 is 6.01 Å². The number of ether oxygens (including phenoxy) is 1. The Morgan fingerprint density at radius 1 is 1.21 bits per heavy atom. The molecule has 1 atom stereocenters. The number of fused-ring (bicyclic) bond motifs is 1. The molecule has 170 valence electrons. The van der Waals surface area contributed by atoms with E-state index >= 15 is 0 Å². The molecule has 2 aliphatic rings. The van der Waals surface area contributed by atoms with Gasteiger partial charge in [-0.3, -0.25) is 14.5 Å². The van der Waals surface area contributed by atoms with Crippen molar-refractivity contribution in [2.45, 2.75) is 45.3 Å². The number of hydrogen-bond donors (Lipinski definition) is 1. The largest absolute Gasteiger partial charge is 0.424 e. The van der Waals surface area contributed by atoms with E-state index in [0.717, 1.165) is 30.6 Å². The standard InChI is InChI=1S/C24H26N6O3/c1-16(31)29-12-8-19-20(15-29)27-22(28-23(19)32)21-7-3-11-30(21)14-17-5-2-6-18(13-17)33-24-25-9-4-10-26-24/h2,4-6,9-10,13,21H,3,7-8,11-12,14-15H2,1H3,(H,27,28,32). The summed E-state index contributed by atoms with van der Waals surface area (Å²) in [4.78, 5) is 44.7. The minimum absolute atomic E-state index is 0.00905. The molecule has 1 amide bonds. The molecular formula is C24H26N6O3. The van der Waals surface area contributed by atoms with E-state index < -0.39 is 0 Å². The molecule has 2 aliphatic heterocycles. The fraction of sp³-hybridized carbons (Fsp3) is 0.375. The molecular weight excluding hydrogens is 420 g/mol. The third-order valence-electron chi connectivity index (χ3n) is 6.25. The van der Waals surface area contributed by atoms with E-state index in [2.05, 4.69) is 25.9 Å². The maximum atomic E-state index is 12.8. The van der Waals surface area contributed by atoms with Crippen molar-refractivity contribution >= 4 is 5.91 Å². The number of amides is 1. The summed E-state index contributed by atoms with van der Waals surface area (Å²) in [6.45, 7) is 4.14. The highest BCUT2D eigenvalue weighted by atomic mass is 16.5. The van der Waals surface area contributed by atoms with Crippen molar-refractivity contribution in [1.82, 2.24) is 29.7 Å². The fourth-order valence-electron chi connectivity index (χ4n) is 4.60. The summed E-state index contributed by atoms with van der Waals surface area (Å²) in [5, 5.41) is 0. The Morgan fingerprint density at radius 2 is 2.06 bits per heavy atom. The molecule has 1 fully saturated rings. The molecule has 0 saturated carbocycles. The zero-order valence-electron chi connectivity index (χ0n) is 18.5. The van der Waals surface area contributed by atoms with E-state index in [0.29, 0.717) is 49.2 Å². The second-order valence-corrected chi connectivity index (χ2v) is 8.48. The van der Waals surface area contributed by atoms with Crippen LogP contribution < -0.4 is 10.3 Å². The Hall–Kier alpha value is -3.59. The van der Waals surface area contributed by atoms with Crippen LogP contribution in [0.2, 0.25) is 0 Å². The van der Waals surface area contributed by atoms with Crippen molar-refractivity contribution in [1.29, 1.82) is 0 Å². The summed E-state index contributed by atoms with van der Waals surface area (Å²) in [5.74, 6) is 1.38. The van der Waals surface area contributed by atoms with Crippen LogP contribution >= 0.6 is 0 Å². The molecule has 33 heavy (non-hydrogen) atoms. The second-order valence-electron chi connectivity index (χ2n) is 8.48. The minimum atomic E-state index is -0.0803. The van der Waals surface area contributed by atoms with Crippen LogP contribution in [0.15, 0.2) is 47.5 Å². The number of aromatic nitrogens is 4. The van der Waals surface area contributed by atoms with E-state index in [1.54, 1.807) is 30.3 Å². The summed E-state index contributed by atoms with van der Waals surface area (Å²) >= 11 is 0. The van der Waals surface area contributed by atoms with Gasteiger partial charge in [0.1, 0.15) is 11.6 Å². The van der Waals surface area contributed by atoms with Crippen molar-refractivity contribution in [2.24, 2.45) is 0 Å². The molecule has 1 aromatic carbocycles. The minimum Gasteiger partial charge on any atom is -0.424 e. The molecule has 1 N–H and O–H groups in total. The van der Waals surface area contributed by atoms with Crippen molar-refractivity contribution in [3.8, 4) is 11.8 Å². The molecule has 3 aromatic rings. The van der Waals surface area contributed by atoms with Gasteiger partial charge in [0.25, 0.3) is 5.56 Å². The summed E-state index contributed by atoms with van der Waals surface area (Å²) in [6.07, 6.45) is 5.78. The van der Waals surface area contributed by atoms with Crippen LogP contribution in [0, 0.1) is 0 Å². The van der Waals surface area contributed by atoms with Gasteiger partial charge in [-0.05, 0) is 49.6 Å². The Kier molecular flexibility index (Phi) is 5.87. The maximum absolute atomic E-state index is 12.8. The third-order valence-corrected chi connectivity index (χ3v) is 6.25. The van der Waals surface area contributed by atoms with Crippen molar-refractivity contribution < 1.29 is 9.53 Å². The zero-order valence-corrected chi connectivity index (χ0v) is 18.5. The van der Waals surface area contributed by atoms with Gasteiger partial charge in [0, 0.05) is 38.0 Å². The molecule has 9 nitrogen and oxygen atoms in total. The van der Waals surface area contributed by atoms with Crippen molar-refractivity contribution in [2.75, 3.05) is 13.1 Å². The zero-order chi connectivity index (χ0) is 22.8. The normalized spacial score (nSPS) is 18.2. The number of carbonyl (C=O) groups excluding carboxylic acids is 1. The fourth-order valence-corrected chi connectivity index (χ4v) is 4.60. The molecule has 0 radical (unpaired) electrons. The Labute approximate surface area is 191 Å². The number of nitrogens with one attached hydrogen (secondary N) is 1. The van der Waals surface area contributed by atoms with Crippen molar-refractivity contribution in [3.05, 3.63) is 75.7 Å². The first-order valence-electron chi connectivity index (χ1n) is 11.2. The number of aromatic amines is 1.